The van der Waals surface area contributed by atoms with Gasteiger partial charge in [-0.3, -0.25) is 4.79 Å². The molecule has 1 aromatic rings. The molecule has 4 nitrogen and oxygen atoms in total. The van der Waals surface area contributed by atoms with Crippen LogP contribution in [0, 0.1) is 0 Å². The van der Waals surface area contributed by atoms with Gasteiger partial charge in [0.15, 0.2) is 0 Å². The first-order valence-corrected chi connectivity index (χ1v) is 6.03. The molecule has 1 aromatic carbocycles. The number of aromatic hydroxyl groups is 1. The highest BCUT2D eigenvalue weighted by molar-refractivity contribution is 6.32. The van der Waals surface area contributed by atoms with Crippen molar-refractivity contribution in [2.75, 3.05) is 6.54 Å². The van der Waals surface area contributed by atoms with Gasteiger partial charge < -0.3 is 15.7 Å². The van der Waals surface area contributed by atoms with E-state index >= 15 is 0 Å². The Kier molecular flexibility index (Phi) is 3.86. The van der Waals surface area contributed by atoms with Gasteiger partial charge in [-0.05, 0) is 30.5 Å². The van der Waals surface area contributed by atoms with Crippen LogP contribution >= 0.6 is 11.6 Å². The number of phenolic OH excluding ortho intramolecular Hbond substituents is 1. The normalized spacial score (nSPS) is 20.1. The highest BCUT2D eigenvalue weighted by Gasteiger charge is 2.20. The van der Waals surface area contributed by atoms with Crippen molar-refractivity contribution in [1.29, 1.82) is 0 Å². The number of rotatable bonds is 3. The zero-order valence-corrected chi connectivity index (χ0v) is 10.1. The van der Waals surface area contributed by atoms with Gasteiger partial charge >= 0.3 is 0 Å². The highest BCUT2D eigenvalue weighted by Crippen LogP contribution is 2.23. The molecule has 1 fully saturated rings. The second-order valence-corrected chi connectivity index (χ2v) is 4.56. The average Bonchev–Trinajstić information content (AvgIpc) is 2.32. The maximum absolute atomic E-state index is 11.5. The lowest BCUT2D eigenvalue weighted by Crippen LogP contribution is -2.47. The van der Waals surface area contributed by atoms with Crippen LogP contribution in [0.3, 0.4) is 0 Å². The minimum absolute atomic E-state index is 0.0566. The largest absolute Gasteiger partial charge is 0.506 e. The molecule has 1 aliphatic rings. The average molecular weight is 255 g/mol. The van der Waals surface area contributed by atoms with Crippen molar-refractivity contribution in [3.05, 3.63) is 28.8 Å². The summed E-state index contributed by atoms with van der Waals surface area (Å²) < 4.78 is 0. The van der Waals surface area contributed by atoms with Crippen molar-refractivity contribution in [1.82, 2.24) is 10.6 Å². The summed E-state index contributed by atoms with van der Waals surface area (Å²) in [7, 11) is 0. The predicted molar refractivity (Wildman–Crippen MR) is 66.0 cm³/mol. The van der Waals surface area contributed by atoms with Crippen LogP contribution in [0.15, 0.2) is 18.2 Å². The molecule has 0 bridgehead atoms. The molecular formula is C12H15ClN2O2. The zero-order valence-electron chi connectivity index (χ0n) is 9.37. The second kappa shape index (κ2) is 5.38. The van der Waals surface area contributed by atoms with Crippen LogP contribution in [-0.2, 0) is 11.3 Å². The molecule has 0 saturated carbocycles. The number of hydrogen-bond acceptors (Lipinski definition) is 3. The number of nitrogens with one attached hydrogen (secondary N) is 2. The van der Waals surface area contributed by atoms with Gasteiger partial charge in [-0.2, -0.15) is 0 Å². The third-order valence-corrected chi connectivity index (χ3v) is 3.15. The van der Waals surface area contributed by atoms with Crippen molar-refractivity contribution in [3.8, 4) is 5.75 Å². The fourth-order valence-electron chi connectivity index (χ4n) is 1.87. The quantitative estimate of drug-likeness (QED) is 0.765. The van der Waals surface area contributed by atoms with Gasteiger partial charge in [0.2, 0.25) is 5.91 Å². The molecule has 0 radical (unpaired) electrons. The Balaban J connectivity index is 1.92. The summed E-state index contributed by atoms with van der Waals surface area (Å²) in [6.45, 7) is 1.33. The van der Waals surface area contributed by atoms with Crippen LogP contribution in [0.2, 0.25) is 5.02 Å². The van der Waals surface area contributed by atoms with Gasteiger partial charge in [0.1, 0.15) is 5.75 Å². The molecule has 1 saturated heterocycles. The lowest BCUT2D eigenvalue weighted by molar-refractivity contribution is -0.124. The summed E-state index contributed by atoms with van der Waals surface area (Å²) in [6.07, 6.45) is 1.86. The molecule has 0 spiro atoms. The monoisotopic (exact) mass is 254 g/mol. The lowest BCUT2D eigenvalue weighted by Gasteiger charge is -2.22. The van der Waals surface area contributed by atoms with Crippen molar-refractivity contribution in [3.63, 3.8) is 0 Å². The SMILES string of the molecule is O=C1NCCCC1NCc1ccc(O)c(Cl)c1. The molecule has 1 atom stereocenters. The molecule has 1 unspecified atom stereocenters. The lowest BCUT2D eigenvalue weighted by atomic mass is 10.1. The van der Waals surface area contributed by atoms with Gasteiger partial charge in [-0.1, -0.05) is 17.7 Å². The summed E-state index contributed by atoms with van der Waals surface area (Å²) in [4.78, 5) is 11.5. The minimum Gasteiger partial charge on any atom is -0.506 e. The number of carbonyl (C=O) groups excluding carboxylic acids is 1. The summed E-state index contributed by atoms with van der Waals surface area (Å²) in [5, 5.41) is 15.6. The van der Waals surface area contributed by atoms with E-state index in [2.05, 4.69) is 10.6 Å². The maximum Gasteiger partial charge on any atom is 0.237 e. The first-order valence-electron chi connectivity index (χ1n) is 5.65. The van der Waals surface area contributed by atoms with Crippen LogP contribution < -0.4 is 10.6 Å². The van der Waals surface area contributed by atoms with Crippen LogP contribution in [0.5, 0.6) is 5.75 Å². The molecule has 92 valence electrons. The van der Waals surface area contributed by atoms with Crippen molar-refractivity contribution in [2.24, 2.45) is 0 Å². The van der Waals surface area contributed by atoms with Crippen LogP contribution in [-0.4, -0.2) is 23.6 Å². The molecule has 1 amide bonds. The third kappa shape index (κ3) is 3.11. The number of hydrogen-bond donors (Lipinski definition) is 3. The predicted octanol–water partition coefficient (Wildman–Crippen LogP) is 1.41. The summed E-state index contributed by atoms with van der Waals surface area (Å²) in [6, 6.07) is 4.91. The molecule has 0 aromatic heterocycles. The molecule has 5 heteroatoms. The van der Waals surface area contributed by atoms with E-state index in [0.29, 0.717) is 11.6 Å². The Hall–Kier alpha value is -1.26. The van der Waals surface area contributed by atoms with E-state index in [-0.39, 0.29) is 17.7 Å². The van der Waals surface area contributed by atoms with Crippen LogP contribution in [0.4, 0.5) is 0 Å². The first kappa shape index (κ1) is 12.2. The van der Waals surface area contributed by atoms with Crippen molar-refractivity contribution >= 4 is 17.5 Å². The molecule has 2 rings (SSSR count). The van der Waals surface area contributed by atoms with E-state index < -0.39 is 0 Å². The summed E-state index contributed by atoms with van der Waals surface area (Å²) in [5.41, 5.74) is 0.950. The van der Waals surface area contributed by atoms with Gasteiger partial charge in [0, 0.05) is 13.1 Å². The first-order chi connectivity index (χ1) is 8.16. The molecule has 17 heavy (non-hydrogen) atoms. The number of benzene rings is 1. The van der Waals surface area contributed by atoms with E-state index in [1.807, 2.05) is 0 Å². The molecule has 1 aliphatic heterocycles. The molecule has 1 heterocycles. The number of halogens is 1. The zero-order chi connectivity index (χ0) is 12.3. The van der Waals surface area contributed by atoms with Crippen LogP contribution in [0.25, 0.3) is 0 Å². The molecule has 0 aliphatic carbocycles. The van der Waals surface area contributed by atoms with E-state index in [1.165, 1.54) is 0 Å². The minimum atomic E-state index is -0.128. The van der Waals surface area contributed by atoms with E-state index in [4.69, 9.17) is 11.6 Å². The van der Waals surface area contributed by atoms with E-state index in [1.54, 1.807) is 18.2 Å². The maximum atomic E-state index is 11.5. The Morgan fingerprint density at radius 3 is 3.06 bits per heavy atom. The highest BCUT2D eigenvalue weighted by atomic mass is 35.5. The van der Waals surface area contributed by atoms with E-state index in [0.717, 1.165) is 24.9 Å². The van der Waals surface area contributed by atoms with Gasteiger partial charge in [-0.25, -0.2) is 0 Å². The molecule has 3 N–H and O–H groups in total. The van der Waals surface area contributed by atoms with E-state index in [9.17, 15) is 9.90 Å². The second-order valence-electron chi connectivity index (χ2n) is 4.15. The Morgan fingerprint density at radius 1 is 1.53 bits per heavy atom. The number of phenols is 1. The Morgan fingerprint density at radius 2 is 2.35 bits per heavy atom. The Labute approximate surface area is 105 Å². The summed E-state index contributed by atoms with van der Waals surface area (Å²) >= 11 is 5.81. The van der Waals surface area contributed by atoms with Crippen molar-refractivity contribution < 1.29 is 9.90 Å². The molecular weight excluding hydrogens is 240 g/mol. The topological polar surface area (TPSA) is 61.4 Å². The number of amides is 1. The third-order valence-electron chi connectivity index (χ3n) is 2.85. The van der Waals surface area contributed by atoms with Crippen LogP contribution in [0.1, 0.15) is 18.4 Å². The summed E-state index contributed by atoms with van der Waals surface area (Å²) in [5.74, 6) is 0.131. The van der Waals surface area contributed by atoms with Gasteiger partial charge in [0.05, 0.1) is 11.1 Å². The standard InChI is InChI=1S/C12H15ClN2O2/c13-9-6-8(3-4-11(9)16)7-15-10-2-1-5-14-12(10)17/h3-4,6,10,15-16H,1-2,5,7H2,(H,14,17). The number of carbonyl (C=O) groups is 1. The smallest absolute Gasteiger partial charge is 0.237 e. The van der Waals surface area contributed by atoms with Gasteiger partial charge in [-0.15, -0.1) is 0 Å². The van der Waals surface area contributed by atoms with Crippen molar-refractivity contribution in [2.45, 2.75) is 25.4 Å². The fraction of sp³-hybridized carbons (Fsp3) is 0.417. The number of piperidine rings is 1. The Bertz CT molecular complexity index is 423. The fourth-order valence-corrected chi connectivity index (χ4v) is 2.07. The van der Waals surface area contributed by atoms with Gasteiger partial charge in [0.25, 0.3) is 0 Å².